The van der Waals surface area contributed by atoms with Gasteiger partial charge in [0, 0.05) is 37.6 Å². The number of nitrogens with zero attached hydrogens (tertiary/aromatic N) is 3. The van der Waals surface area contributed by atoms with E-state index in [9.17, 15) is 0 Å². The molecular weight excluding hydrogens is 260 g/mol. The van der Waals surface area contributed by atoms with Crippen LogP contribution in [0.3, 0.4) is 0 Å². The lowest BCUT2D eigenvalue weighted by molar-refractivity contribution is 0.0440. The molecule has 1 aliphatic rings. The zero-order chi connectivity index (χ0) is 15.1. The maximum Gasteiger partial charge on any atom is 0.0945 e. The molecule has 0 spiro atoms. The van der Waals surface area contributed by atoms with Crippen molar-refractivity contribution in [2.24, 2.45) is 11.7 Å². The van der Waals surface area contributed by atoms with Gasteiger partial charge in [-0.05, 0) is 44.6 Å². The Bertz CT molecular complexity index is 380. The summed E-state index contributed by atoms with van der Waals surface area (Å²) in [5, 5.41) is 0. The van der Waals surface area contributed by atoms with E-state index in [2.05, 4.69) is 28.3 Å². The summed E-state index contributed by atoms with van der Waals surface area (Å²) in [6.45, 7) is 8.71. The van der Waals surface area contributed by atoms with Crippen LogP contribution in [0.4, 0.5) is 0 Å². The molecule has 120 valence electrons. The summed E-state index contributed by atoms with van der Waals surface area (Å²) in [6, 6.07) is 0. The van der Waals surface area contributed by atoms with E-state index < -0.39 is 0 Å². The molecule has 4 heteroatoms. The largest absolute Gasteiger partial charge is 0.337 e. The molecule has 0 atom stereocenters. The number of likely N-dealkylation sites (N-methyl/N-ethyl adjacent to an activating group) is 1. The third kappa shape index (κ3) is 4.07. The van der Waals surface area contributed by atoms with Crippen molar-refractivity contribution < 1.29 is 0 Å². The van der Waals surface area contributed by atoms with Gasteiger partial charge < -0.3 is 10.3 Å². The van der Waals surface area contributed by atoms with Gasteiger partial charge in [0.15, 0.2) is 0 Å². The fourth-order valence-corrected chi connectivity index (χ4v) is 3.87. The highest BCUT2D eigenvalue weighted by atomic mass is 15.2. The molecule has 0 amide bonds. The van der Waals surface area contributed by atoms with Crippen LogP contribution >= 0.6 is 0 Å². The first-order valence-corrected chi connectivity index (χ1v) is 8.65. The molecule has 0 radical (unpaired) electrons. The SMILES string of the molecule is CCC1CCC(CN)(N(CC)CCCn2ccnc2)CC1. The normalized spacial score (nSPS) is 26.4. The molecule has 0 aromatic carbocycles. The summed E-state index contributed by atoms with van der Waals surface area (Å²) in [5.74, 6) is 0.925. The Kier molecular flexibility index (Phi) is 6.24. The molecule has 1 aromatic heterocycles. The highest BCUT2D eigenvalue weighted by molar-refractivity contribution is 4.95. The van der Waals surface area contributed by atoms with E-state index in [1.54, 1.807) is 0 Å². The van der Waals surface area contributed by atoms with E-state index >= 15 is 0 Å². The second kappa shape index (κ2) is 7.95. The van der Waals surface area contributed by atoms with Gasteiger partial charge in [0.05, 0.1) is 6.33 Å². The lowest BCUT2D eigenvalue weighted by Crippen LogP contribution is -2.56. The van der Waals surface area contributed by atoms with Crippen molar-refractivity contribution in [1.82, 2.24) is 14.5 Å². The van der Waals surface area contributed by atoms with Crippen LogP contribution in [-0.2, 0) is 6.54 Å². The van der Waals surface area contributed by atoms with Crippen molar-refractivity contribution in [3.63, 3.8) is 0 Å². The average Bonchev–Trinajstić information content (AvgIpc) is 3.05. The fraction of sp³-hybridized carbons (Fsp3) is 0.824. The lowest BCUT2D eigenvalue weighted by Gasteiger charge is -2.47. The van der Waals surface area contributed by atoms with E-state index in [1.807, 2.05) is 18.7 Å². The van der Waals surface area contributed by atoms with E-state index in [0.717, 1.165) is 32.1 Å². The Labute approximate surface area is 129 Å². The quantitative estimate of drug-likeness (QED) is 0.801. The van der Waals surface area contributed by atoms with Crippen LogP contribution in [0.25, 0.3) is 0 Å². The monoisotopic (exact) mass is 292 g/mol. The van der Waals surface area contributed by atoms with Crippen molar-refractivity contribution in [3.8, 4) is 0 Å². The van der Waals surface area contributed by atoms with Crippen LogP contribution < -0.4 is 5.73 Å². The predicted molar refractivity (Wildman–Crippen MR) is 88.1 cm³/mol. The minimum absolute atomic E-state index is 0.259. The zero-order valence-electron chi connectivity index (χ0n) is 13.8. The summed E-state index contributed by atoms with van der Waals surface area (Å²) in [7, 11) is 0. The van der Waals surface area contributed by atoms with E-state index in [1.165, 1.54) is 38.5 Å². The molecule has 0 saturated heterocycles. The number of rotatable bonds is 8. The Morgan fingerprint density at radius 1 is 1.33 bits per heavy atom. The Balaban J connectivity index is 1.88. The maximum atomic E-state index is 6.21. The van der Waals surface area contributed by atoms with Gasteiger partial charge in [-0.15, -0.1) is 0 Å². The van der Waals surface area contributed by atoms with Crippen LogP contribution in [0.2, 0.25) is 0 Å². The van der Waals surface area contributed by atoms with Crippen LogP contribution in [0.1, 0.15) is 52.4 Å². The van der Waals surface area contributed by atoms with Crippen LogP contribution in [0, 0.1) is 5.92 Å². The van der Waals surface area contributed by atoms with E-state index in [-0.39, 0.29) is 5.54 Å². The highest BCUT2D eigenvalue weighted by Gasteiger charge is 2.37. The zero-order valence-corrected chi connectivity index (χ0v) is 13.8. The molecular formula is C17H32N4. The summed E-state index contributed by atoms with van der Waals surface area (Å²) in [5.41, 5.74) is 6.47. The molecule has 1 heterocycles. The van der Waals surface area contributed by atoms with E-state index in [4.69, 9.17) is 5.73 Å². The average molecular weight is 292 g/mol. The molecule has 4 nitrogen and oxygen atoms in total. The second-order valence-corrected chi connectivity index (χ2v) is 6.51. The van der Waals surface area contributed by atoms with Crippen LogP contribution in [0.5, 0.6) is 0 Å². The molecule has 2 N–H and O–H groups in total. The molecule has 1 saturated carbocycles. The predicted octanol–water partition coefficient (Wildman–Crippen LogP) is 2.89. The first-order valence-electron chi connectivity index (χ1n) is 8.65. The fourth-order valence-electron chi connectivity index (χ4n) is 3.87. The molecule has 1 aromatic rings. The molecule has 2 rings (SSSR count). The molecule has 0 bridgehead atoms. The van der Waals surface area contributed by atoms with Gasteiger partial charge in [-0.3, -0.25) is 4.90 Å². The number of nitrogens with two attached hydrogens (primary N) is 1. The van der Waals surface area contributed by atoms with Gasteiger partial charge >= 0.3 is 0 Å². The van der Waals surface area contributed by atoms with Gasteiger partial charge in [0.2, 0.25) is 0 Å². The maximum absolute atomic E-state index is 6.21. The number of aryl methyl sites for hydroxylation is 1. The van der Waals surface area contributed by atoms with Gasteiger partial charge in [-0.25, -0.2) is 4.98 Å². The summed E-state index contributed by atoms with van der Waals surface area (Å²) < 4.78 is 2.16. The van der Waals surface area contributed by atoms with Crippen molar-refractivity contribution in [2.75, 3.05) is 19.6 Å². The van der Waals surface area contributed by atoms with Crippen molar-refractivity contribution in [3.05, 3.63) is 18.7 Å². The second-order valence-electron chi connectivity index (χ2n) is 6.51. The third-order valence-electron chi connectivity index (χ3n) is 5.45. The third-order valence-corrected chi connectivity index (χ3v) is 5.45. The number of aromatic nitrogens is 2. The topological polar surface area (TPSA) is 47.1 Å². The molecule has 1 fully saturated rings. The molecule has 21 heavy (non-hydrogen) atoms. The van der Waals surface area contributed by atoms with Crippen LogP contribution in [-0.4, -0.2) is 39.6 Å². The first-order chi connectivity index (χ1) is 10.2. The Morgan fingerprint density at radius 2 is 2.10 bits per heavy atom. The smallest absolute Gasteiger partial charge is 0.0945 e. The Hall–Kier alpha value is -0.870. The number of hydrogen-bond donors (Lipinski definition) is 1. The highest BCUT2D eigenvalue weighted by Crippen LogP contribution is 2.37. The first kappa shape index (κ1) is 16.5. The summed E-state index contributed by atoms with van der Waals surface area (Å²) in [6.07, 6.45) is 13.6. The van der Waals surface area contributed by atoms with Gasteiger partial charge in [0.1, 0.15) is 0 Å². The van der Waals surface area contributed by atoms with Crippen molar-refractivity contribution in [1.29, 1.82) is 0 Å². The summed E-state index contributed by atoms with van der Waals surface area (Å²) >= 11 is 0. The van der Waals surface area contributed by atoms with E-state index in [0.29, 0.717) is 0 Å². The number of hydrogen-bond acceptors (Lipinski definition) is 3. The summed E-state index contributed by atoms with van der Waals surface area (Å²) in [4.78, 5) is 6.76. The molecule has 1 aliphatic carbocycles. The minimum atomic E-state index is 0.259. The Morgan fingerprint density at radius 3 is 2.62 bits per heavy atom. The van der Waals surface area contributed by atoms with Crippen LogP contribution in [0.15, 0.2) is 18.7 Å². The van der Waals surface area contributed by atoms with Crippen molar-refractivity contribution in [2.45, 2.75) is 64.5 Å². The van der Waals surface area contributed by atoms with Gasteiger partial charge in [-0.1, -0.05) is 20.3 Å². The van der Waals surface area contributed by atoms with Crippen molar-refractivity contribution >= 4 is 0 Å². The number of imidazole rings is 1. The molecule has 0 unspecified atom stereocenters. The van der Waals surface area contributed by atoms with Gasteiger partial charge in [-0.2, -0.15) is 0 Å². The molecule has 0 aliphatic heterocycles. The lowest BCUT2D eigenvalue weighted by atomic mass is 9.74. The standard InChI is InChI=1S/C17H32N4/c1-3-16-6-8-17(14-18,9-7-16)21(4-2)12-5-11-20-13-10-19-15-20/h10,13,15-16H,3-9,11-12,14,18H2,1-2H3. The minimum Gasteiger partial charge on any atom is -0.337 e. The van der Waals surface area contributed by atoms with Gasteiger partial charge in [0.25, 0.3) is 0 Å².